The van der Waals surface area contributed by atoms with Gasteiger partial charge < -0.3 is 10.8 Å². The number of hydrogen-bond donors (Lipinski definition) is 2. The molecule has 2 aromatic heterocycles. The first-order valence-corrected chi connectivity index (χ1v) is 7.58. The van der Waals surface area contributed by atoms with Gasteiger partial charge in [-0.2, -0.15) is 0 Å². The summed E-state index contributed by atoms with van der Waals surface area (Å²) in [5.41, 5.74) is 5.86. The second-order valence-corrected chi connectivity index (χ2v) is 5.75. The zero-order valence-electron chi connectivity index (χ0n) is 10.3. The zero-order valence-corrected chi connectivity index (χ0v) is 11.9. The largest absolute Gasteiger partial charge is 0.481 e. The summed E-state index contributed by atoms with van der Waals surface area (Å²) in [5, 5.41) is 19.1. The van der Waals surface area contributed by atoms with Crippen LogP contribution in [0.5, 0.6) is 0 Å². The third kappa shape index (κ3) is 3.07. The van der Waals surface area contributed by atoms with Crippen molar-refractivity contribution in [2.75, 3.05) is 11.5 Å². The molecule has 8 heteroatoms. The van der Waals surface area contributed by atoms with Crippen molar-refractivity contribution in [2.45, 2.75) is 24.5 Å². The van der Waals surface area contributed by atoms with E-state index in [2.05, 4.69) is 17.1 Å². The summed E-state index contributed by atoms with van der Waals surface area (Å²) in [7, 11) is 0. The van der Waals surface area contributed by atoms with Crippen molar-refractivity contribution >= 4 is 35.0 Å². The lowest BCUT2D eigenvalue weighted by molar-refractivity contribution is -0.133. The van der Waals surface area contributed by atoms with Crippen LogP contribution in [0.25, 0.3) is 0 Å². The van der Waals surface area contributed by atoms with Crippen molar-refractivity contribution in [3.63, 3.8) is 0 Å². The normalized spacial score (nSPS) is 12.5. The van der Waals surface area contributed by atoms with Crippen LogP contribution in [0.2, 0.25) is 0 Å². The van der Waals surface area contributed by atoms with Gasteiger partial charge in [0, 0.05) is 4.88 Å². The Morgan fingerprint density at radius 3 is 3.00 bits per heavy atom. The molecule has 0 bridgehead atoms. The van der Waals surface area contributed by atoms with Crippen molar-refractivity contribution in [2.24, 2.45) is 0 Å². The van der Waals surface area contributed by atoms with Gasteiger partial charge in [0.2, 0.25) is 5.95 Å². The molecule has 0 radical (unpaired) electrons. The Kier molecular flexibility index (Phi) is 4.43. The summed E-state index contributed by atoms with van der Waals surface area (Å²) in [6.07, 6.45) is 0.837. The van der Waals surface area contributed by atoms with Crippen LogP contribution in [0.1, 0.15) is 24.3 Å². The topological polar surface area (TPSA) is 94.0 Å². The fraction of sp³-hybridized carbons (Fsp3) is 0.364. The minimum Gasteiger partial charge on any atom is -0.481 e. The van der Waals surface area contributed by atoms with Crippen molar-refractivity contribution < 1.29 is 9.90 Å². The summed E-state index contributed by atoms with van der Waals surface area (Å²) in [5.74, 6) is -0.630. The molecule has 2 aromatic rings. The number of nitrogen functional groups attached to an aromatic ring is 1. The predicted molar refractivity (Wildman–Crippen MR) is 75.5 cm³/mol. The van der Waals surface area contributed by atoms with E-state index in [1.54, 1.807) is 15.9 Å². The molecule has 0 aromatic carbocycles. The number of anilines is 1. The van der Waals surface area contributed by atoms with Gasteiger partial charge >= 0.3 is 5.97 Å². The van der Waals surface area contributed by atoms with Crippen LogP contribution in [0.15, 0.2) is 22.7 Å². The Balaban J connectivity index is 2.31. The maximum Gasteiger partial charge on any atom is 0.313 e. The molecule has 0 saturated heterocycles. The molecule has 0 fully saturated rings. The first kappa shape index (κ1) is 13.9. The molecule has 1 atom stereocenters. The fourth-order valence-corrected chi connectivity index (χ4v) is 3.41. The molecule has 3 N–H and O–H groups in total. The second kappa shape index (κ2) is 6.07. The first-order chi connectivity index (χ1) is 9.13. The van der Waals surface area contributed by atoms with Crippen molar-refractivity contribution in [1.82, 2.24) is 14.8 Å². The minimum absolute atomic E-state index is 0.0475. The summed E-state index contributed by atoms with van der Waals surface area (Å²) in [6, 6.07) is 4.06. The molecule has 2 rings (SSSR count). The van der Waals surface area contributed by atoms with E-state index >= 15 is 0 Å². The Bertz CT molecular complexity index is 553. The Labute approximate surface area is 118 Å². The Hall–Kier alpha value is -1.54. The molecule has 102 valence electrons. The second-order valence-electron chi connectivity index (χ2n) is 3.83. The highest BCUT2D eigenvalue weighted by Gasteiger charge is 2.21. The first-order valence-electron chi connectivity index (χ1n) is 5.71. The highest BCUT2D eigenvalue weighted by atomic mass is 32.2. The van der Waals surface area contributed by atoms with Crippen LogP contribution < -0.4 is 5.73 Å². The van der Waals surface area contributed by atoms with Crippen LogP contribution in [0, 0.1) is 0 Å². The van der Waals surface area contributed by atoms with E-state index in [0.29, 0.717) is 11.1 Å². The van der Waals surface area contributed by atoms with E-state index in [1.165, 1.54) is 0 Å². The summed E-state index contributed by atoms with van der Waals surface area (Å²) in [6.45, 7) is 2.05. The molecule has 2 heterocycles. The Morgan fingerprint density at radius 2 is 2.42 bits per heavy atom. The molecule has 0 aliphatic heterocycles. The van der Waals surface area contributed by atoms with E-state index < -0.39 is 5.97 Å². The summed E-state index contributed by atoms with van der Waals surface area (Å²) < 4.78 is 1.80. The lowest BCUT2D eigenvalue weighted by atomic mass is 10.2. The van der Waals surface area contributed by atoms with Gasteiger partial charge in [0.1, 0.15) is 0 Å². The summed E-state index contributed by atoms with van der Waals surface area (Å²) >= 11 is 2.77. The van der Waals surface area contributed by atoms with Gasteiger partial charge in [0.15, 0.2) is 5.16 Å². The van der Waals surface area contributed by atoms with Gasteiger partial charge in [-0.05, 0) is 17.9 Å². The summed E-state index contributed by atoms with van der Waals surface area (Å²) in [4.78, 5) is 11.8. The number of hydrogen-bond acceptors (Lipinski definition) is 6. The molecule has 0 spiro atoms. The van der Waals surface area contributed by atoms with Crippen LogP contribution in [0.4, 0.5) is 5.95 Å². The smallest absolute Gasteiger partial charge is 0.313 e. The van der Waals surface area contributed by atoms with Gasteiger partial charge in [0.25, 0.3) is 0 Å². The molecule has 19 heavy (non-hydrogen) atoms. The van der Waals surface area contributed by atoms with Gasteiger partial charge in [-0.15, -0.1) is 21.5 Å². The van der Waals surface area contributed by atoms with E-state index in [9.17, 15) is 4.79 Å². The average molecular weight is 298 g/mol. The molecule has 0 aliphatic rings. The lowest BCUT2D eigenvalue weighted by Gasteiger charge is -2.17. The lowest BCUT2D eigenvalue weighted by Crippen LogP contribution is -2.13. The fourth-order valence-electron chi connectivity index (χ4n) is 1.80. The molecule has 6 nitrogen and oxygen atoms in total. The highest BCUT2D eigenvalue weighted by Crippen LogP contribution is 2.31. The Morgan fingerprint density at radius 1 is 1.63 bits per heavy atom. The number of carboxylic acids is 1. The average Bonchev–Trinajstić information content (AvgIpc) is 3.00. The van der Waals surface area contributed by atoms with Crippen LogP contribution >= 0.6 is 23.1 Å². The molecule has 0 saturated carbocycles. The van der Waals surface area contributed by atoms with Gasteiger partial charge in [-0.25, -0.2) is 0 Å². The van der Waals surface area contributed by atoms with Gasteiger partial charge in [-0.1, -0.05) is 24.8 Å². The van der Waals surface area contributed by atoms with Crippen LogP contribution in [-0.4, -0.2) is 31.6 Å². The number of thioether (sulfide) groups is 1. The maximum absolute atomic E-state index is 10.7. The maximum atomic E-state index is 10.7. The number of nitrogens with two attached hydrogens (primary N) is 1. The zero-order chi connectivity index (χ0) is 13.8. The monoisotopic (exact) mass is 298 g/mol. The van der Waals surface area contributed by atoms with Crippen LogP contribution in [-0.2, 0) is 4.79 Å². The quantitative estimate of drug-likeness (QED) is 0.793. The van der Waals surface area contributed by atoms with Gasteiger partial charge in [0.05, 0.1) is 11.8 Å². The predicted octanol–water partition coefficient (Wildman–Crippen LogP) is 2.10. The number of rotatable bonds is 6. The van der Waals surface area contributed by atoms with E-state index in [4.69, 9.17) is 10.8 Å². The van der Waals surface area contributed by atoms with E-state index in [1.807, 2.05) is 17.5 Å². The van der Waals surface area contributed by atoms with Crippen molar-refractivity contribution in [1.29, 1.82) is 0 Å². The molecular weight excluding hydrogens is 284 g/mol. The number of thiophene rings is 1. The molecule has 0 amide bonds. The third-order valence-electron chi connectivity index (χ3n) is 2.59. The third-order valence-corrected chi connectivity index (χ3v) is 4.49. The van der Waals surface area contributed by atoms with E-state index in [0.717, 1.165) is 23.1 Å². The molecule has 0 aliphatic carbocycles. The standard InChI is InChI=1S/C11H14N4O2S2/c1-2-7(8-4-3-5-18-8)15-10(12)13-14-11(15)19-6-9(16)17/h3-5,7H,2,6H2,1H3,(H2,12,13)(H,16,17). The molecule has 1 unspecified atom stereocenters. The number of carbonyl (C=O) groups is 1. The van der Waals surface area contributed by atoms with Gasteiger partial charge in [-0.3, -0.25) is 9.36 Å². The van der Waals surface area contributed by atoms with Crippen molar-refractivity contribution in [3.8, 4) is 0 Å². The SMILES string of the molecule is CCC(c1cccs1)n1c(N)nnc1SCC(=O)O. The highest BCUT2D eigenvalue weighted by molar-refractivity contribution is 7.99. The number of aromatic nitrogens is 3. The van der Waals surface area contributed by atoms with Crippen molar-refractivity contribution in [3.05, 3.63) is 22.4 Å². The molecular formula is C11H14N4O2S2. The van der Waals surface area contributed by atoms with Crippen LogP contribution in [0.3, 0.4) is 0 Å². The number of nitrogens with zero attached hydrogens (tertiary/aromatic N) is 3. The minimum atomic E-state index is -0.887. The number of aliphatic carboxylic acids is 1. The number of carboxylic acid groups (broad SMARTS) is 1. The van der Waals surface area contributed by atoms with E-state index in [-0.39, 0.29) is 11.8 Å².